The number of aryl methyl sites for hydroxylation is 1. The third-order valence-electron chi connectivity index (χ3n) is 4.08. The number of nitrogens with zero attached hydrogens (tertiary/aromatic N) is 3. The van der Waals surface area contributed by atoms with Crippen molar-refractivity contribution in [2.45, 2.75) is 32.2 Å². The van der Waals surface area contributed by atoms with Crippen molar-refractivity contribution >= 4 is 17.3 Å². The quantitative estimate of drug-likeness (QED) is 0.909. The molecule has 1 aliphatic heterocycles. The molecule has 1 saturated heterocycles. The summed E-state index contributed by atoms with van der Waals surface area (Å²) in [4.78, 5) is 10.9. The van der Waals surface area contributed by atoms with Crippen LogP contribution in [0.2, 0.25) is 0 Å². The first kappa shape index (κ1) is 14.8. The van der Waals surface area contributed by atoms with Crippen LogP contribution in [0.4, 0.5) is 17.3 Å². The fourth-order valence-electron chi connectivity index (χ4n) is 2.94. The maximum atomic E-state index is 9.56. The summed E-state index contributed by atoms with van der Waals surface area (Å²) in [6.45, 7) is 3.17. The average molecular weight is 298 g/mol. The fourth-order valence-corrected chi connectivity index (χ4v) is 2.94. The van der Waals surface area contributed by atoms with E-state index in [1.807, 2.05) is 18.2 Å². The number of rotatable bonds is 4. The molecular formula is C17H22N4O. The second kappa shape index (κ2) is 6.75. The van der Waals surface area contributed by atoms with Gasteiger partial charge in [0.2, 0.25) is 0 Å². The Balaban J connectivity index is 1.80. The second-order valence-electron chi connectivity index (χ2n) is 5.78. The Hall–Kier alpha value is -2.14. The molecule has 1 aliphatic rings. The predicted molar refractivity (Wildman–Crippen MR) is 88.6 cm³/mol. The molecule has 0 aliphatic carbocycles. The Morgan fingerprint density at radius 2 is 2.18 bits per heavy atom. The molecule has 1 atom stereocenters. The molecule has 0 bridgehead atoms. The maximum Gasteiger partial charge on any atom is 0.135 e. The Labute approximate surface area is 131 Å². The summed E-state index contributed by atoms with van der Waals surface area (Å²) in [5, 5.41) is 12.9. The van der Waals surface area contributed by atoms with Crippen molar-refractivity contribution in [3.63, 3.8) is 0 Å². The summed E-state index contributed by atoms with van der Waals surface area (Å²) in [5.74, 6) is 1.65. The van der Waals surface area contributed by atoms with Crippen LogP contribution in [0.15, 0.2) is 36.7 Å². The fraction of sp³-hybridized carbons (Fsp3) is 0.412. The van der Waals surface area contributed by atoms with Crippen molar-refractivity contribution in [3.8, 4) is 0 Å². The van der Waals surface area contributed by atoms with E-state index in [4.69, 9.17) is 0 Å². The average Bonchev–Trinajstić information content (AvgIpc) is 2.55. The van der Waals surface area contributed by atoms with Crippen LogP contribution in [0.3, 0.4) is 0 Å². The van der Waals surface area contributed by atoms with E-state index in [-0.39, 0.29) is 12.6 Å². The molecular weight excluding hydrogens is 276 g/mol. The standard InChI is InChI=1S/C17H22N4O/c1-13-5-4-6-14(9-13)20-16-10-17(19-12-18-16)21-8-3-2-7-15(21)11-22/h4-6,9-10,12,15,22H,2-3,7-8,11H2,1H3,(H,18,19,20). The van der Waals surface area contributed by atoms with Gasteiger partial charge in [0.25, 0.3) is 0 Å². The van der Waals surface area contributed by atoms with Crippen molar-refractivity contribution in [2.24, 2.45) is 0 Å². The van der Waals surface area contributed by atoms with Gasteiger partial charge in [-0.3, -0.25) is 0 Å². The van der Waals surface area contributed by atoms with E-state index >= 15 is 0 Å². The van der Waals surface area contributed by atoms with Gasteiger partial charge in [0.15, 0.2) is 0 Å². The first-order chi connectivity index (χ1) is 10.8. The molecule has 2 heterocycles. The first-order valence-corrected chi connectivity index (χ1v) is 7.79. The van der Waals surface area contributed by atoms with Crippen LogP contribution >= 0.6 is 0 Å². The van der Waals surface area contributed by atoms with E-state index in [2.05, 4.69) is 39.2 Å². The van der Waals surface area contributed by atoms with Crippen molar-refractivity contribution < 1.29 is 5.11 Å². The molecule has 1 aromatic carbocycles. The minimum absolute atomic E-state index is 0.162. The van der Waals surface area contributed by atoms with Crippen LogP contribution in [0.5, 0.6) is 0 Å². The number of benzene rings is 1. The van der Waals surface area contributed by atoms with Crippen LogP contribution in [0.25, 0.3) is 0 Å². The second-order valence-corrected chi connectivity index (χ2v) is 5.78. The van der Waals surface area contributed by atoms with Crippen molar-refractivity contribution in [1.82, 2.24) is 9.97 Å². The van der Waals surface area contributed by atoms with Crippen LogP contribution in [0.1, 0.15) is 24.8 Å². The minimum Gasteiger partial charge on any atom is -0.394 e. The third-order valence-corrected chi connectivity index (χ3v) is 4.08. The molecule has 2 N–H and O–H groups in total. The number of piperidine rings is 1. The van der Waals surface area contributed by atoms with E-state index in [0.717, 1.165) is 36.7 Å². The normalized spacial score (nSPS) is 18.3. The molecule has 0 spiro atoms. The summed E-state index contributed by atoms with van der Waals surface area (Å²) in [7, 11) is 0. The lowest BCUT2D eigenvalue weighted by molar-refractivity contribution is 0.239. The summed E-state index contributed by atoms with van der Waals surface area (Å²) in [6, 6.07) is 10.3. The lowest BCUT2D eigenvalue weighted by Crippen LogP contribution is -2.42. The summed E-state index contributed by atoms with van der Waals surface area (Å²) in [6.07, 6.45) is 4.90. The number of hydrogen-bond acceptors (Lipinski definition) is 5. The highest BCUT2D eigenvalue weighted by atomic mass is 16.3. The highest BCUT2D eigenvalue weighted by Gasteiger charge is 2.23. The minimum atomic E-state index is 0.162. The molecule has 5 heteroatoms. The molecule has 3 rings (SSSR count). The highest BCUT2D eigenvalue weighted by Crippen LogP contribution is 2.25. The number of nitrogens with one attached hydrogen (secondary N) is 1. The highest BCUT2D eigenvalue weighted by molar-refractivity contribution is 5.60. The largest absolute Gasteiger partial charge is 0.394 e. The lowest BCUT2D eigenvalue weighted by Gasteiger charge is -2.35. The number of anilines is 3. The van der Waals surface area contributed by atoms with E-state index in [0.29, 0.717) is 0 Å². The molecule has 116 valence electrons. The van der Waals surface area contributed by atoms with Crippen LogP contribution < -0.4 is 10.2 Å². The summed E-state index contributed by atoms with van der Waals surface area (Å²) >= 11 is 0. The van der Waals surface area contributed by atoms with Gasteiger partial charge >= 0.3 is 0 Å². The number of hydrogen-bond donors (Lipinski definition) is 2. The Bertz CT molecular complexity index is 632. The Morgan fingerprint density at radius 1 is 1.27 bits per heavy atom. The van der Waals surface area contributed by atoms with Gasteiger partial charge in [-0.1, -0.05) is 12.1 Å². The smallest absolute Gasteiger partial charge is 0.135 e. The van der Waals surface area contributed by atoms with Gasteiger partial charge in [-0.25, -0.2) is 9.97 Å². The molecule has 1 aromatic heterocycles. The van der Waals surface area contributed by atoms with E-state index < -0.39 is 0 Å². The number of aliphatic hydroxyl groups is 1. The molecule has 22 heavy (non-hydrogen) atoms. The monoisotopic (exact) mass is 298 g/mol. The number of aliphatic hydroxyl groups excluding tert-OH is 1. The molecule has 0 saturated carbocycles. The molecule has 0 amide bonds. The van der Waals surface area contributed by atoms with E-state index in [9.17, 15) is 5.11 Å². The Kier molecular flexibility index (Phi) is 4.53. The molecule has 1 fully saturated rings. The van der Waals surface area contributed by atoms with Crippen LogP contribution in [-0.4, -0.2) is 34.3 Å². The topological polar surface area (TPSA) is 61.3 Å². The van der Waals surface area contributed by atoms with Crippen molar-refractivity contribution in [1.29, 1.82) is 0 Å². The Morgan fingerprint density at radius 3 is 3.00 bits per heavy atom. The summed E-state index contributed by atoms with van der Waals surface area (Å²) in [5.41, 5.74) is 2.22. The van der Waals surface area contributed by atoms with Gasteiger partial charge < -0.3 is 15.3 Å². The van der Waals surface area contributed by atoms with Gasteiger partial charge in [-0.15, -0.1) is 0 Å². The molecule has 0 radical (unpaired) electrons. The first-order valence-electron chi connectivity index (χ1n) is 7.79. The predicted octanol–water partition coefficient (Wildman–Crippen LogP) is 2.88. The van der Waals surface area contributed by atoms with Gasteiger partial charge in [-0.05, 0) is 43.9 Å². The van der Waals surface area contributed by atoms with Gasteiger partial charge in [0.1, 0.15) is 18.0 Å². The molecule has 1 unspecified atom stereocenters. The zero-order chi connectivity index (χ0) is 15.4. The third kappa shape index (κ3) is 3.36. The van der Waals surface area contributed by atoms with Crippen molar-refractivity contribution in [2.75, 3.05) is 23.4 Å². The van der Waals surface area contributed by atoms with Gasteiger partial charge in [0, 0.05) is 18.3 Å². The summed E-state index contributed by atoms with van der Waals surface area (Å²) < 4.78 is 0. The lowest BCUT2D eigenvalue weighted by atomic mass is 10.0. The van der Waals surface area contributed by atoms with Crippen LogP contribution in [-0.2, 0) is 0 Å². The van der Waals surface area contributed by atoms with Gasteiger partial charge in [0.05, 0.1) is 12.6 Å². The van der Waals surface area contributed by atoms with Crippen LogP contribution in [0, 0.1) is 6.92 Å². The zero-order valence-corrected chi connectivity index (χ0v) is 12.9. The van der Waals surface area contributed by atoms with Crippen molar-refractivity contribution in [3.05, 3.63) is 42.2 Å². The SMILES string of the molecule is Cc1cccc(Nc2cc(N3CCCCC3CO)ncn2)c1. The maximum absolute atomic E-state index is 9.56. The zero-order valence-electron chi connectivity index (χ0n) is 12.9. The number of aromatic nitrogens is 2. The molecule has 5 nitrogen and oxygen atoms in total. The molecule has 2 aromatic rings. The van der Waals surface area contributed by atoms with Gasteiger partial charge in [-0.2, -0.15) is 0 Å². The van der Waals surface area contributed by atoms with E-state index in [1.54, 1.807) is 6.33 Å². The van der Waals surface area contributed by atoms with E-state index in [1.165, 1.54) is 12.0 Å².